The molecule has 0 unspecified atom stereocenters. The molecule has 2 N–H and O–H groups in total. The summed E-state index contributed by atoms with van der Waals surface area (Å²) in [6.45, 7) is 0.269. The molecule has 3 aromatic rings. The number of pyridine rings is 1. The fourth-order valence-corrected chi connectivity index (χ4v) is 3.90. The Morgan fingerprint density at radius 3 is 2.34 bits per heavy atom. The van der Waals surface area contributed by atoms with Crippen LogP contribution in [0.5, 0.6) is 0 Å². The first-order valence-corrected chi connectivity index (χ1v) is 10.6. The van der Waals surface area contributed by atoms with E-state index in [1.807, 2.05) is 0 Å². The molecule has 1 saturated heterocycles. The van der Waals surface area contributed by atoms with Crippen molar-refractivity contribution >= 4 is 46.5 Å². The molecule has 1 aromatic heterocycles. The molecule has 3 amide bonds. The van der Waals surface area contributed by atoms with E-state index in [0.29, 0.717) is 27.1 Å². The van der Waals surface area contributed by atoms with Gasteiger partial charge in [-0.05, 0) is 60.7 Å². The lowest BCUT2D eigenvalue weighted by molar-refractivity contribution is -0.120. The number of urea groups is 1. The quantitative estimate of drug-likeness (QED) is 0.545. The van der Waals surface area contributed by atoms with Crippen LogP contribution >= 0.6 is 23.2 Å². The minimum Gasteiger partial charge on any atom is -0.334 e. The van der Waals surface area contributed by atoms with Crippen LogP contribution in [0.25, 0.3) is 0 Å². The van der Waals surface area contributed by atoms with Gasteiger partial charge in [-0.1, -0.05) is 23.2 Å². The highest BCUT2D eigenvalue weighted by Gasteiger charge is 2.37. The molecule has 164 valence electrons. The van der Waals surface area contributed by atoms with Crippen LogP contribution in [0.15, 0.2) is 66.9 Å². The second kappa shape index (κ2) is 9.54. The number of nitrogens with zero attached hydrogens (tertiary/aromatic N) is 2. The van der Waals surface area contributed by atoms with Crippen molar-refractivity contribution in [3.63, 3.8) is 0 Å². The third-order valence-corrected chi connectivity index (χ3v) is 5.72. The van der Waals surface area contributed by atoms with Gasteiger partial charge in [-0.15, -0.1) is 0 Å². The van der Waals surface area contributed by atoms with Crippen LogP contribution < -0.4 is 15.5 Å². The van der Waals surface area contributed by atoms with Crippen LogP contribution in [-0.4, -0.2) is 29.5 Å². The zero-order valence-electron chi connectivity index (χ0n) is 16.8. The summed E-state index contributed by atoms with van der Waals surface area (Å²) >= 11 is 11.9. The first-order valence-electron chi connectivity index (χ1n) is 9.89. The number of piperidine rings is 1. The SMILES string of the molecule is O=C(Nc1ccc(Cl)cc1)N[C@@H]1CC(=O)N(c2ccc(F)cc2)C[C@@H]1c1ccc(Cl)cn1. The Hall–Kier alpha value is -3.16. The molecule has 4 rings (SSSR count). The first kappa shape index (κ1) is 22.0. The van der Waals surface area contributed by atoms with Crippen molar-refractivity contribution in [2.45, 2.75) is 18.4 Å². The average Bonchev–Trinajstić information content (AvgIpc) is 2.77. The first-order chi connectivity index (χ1) is 15.4. The van der Waals surface area contributed by atoms with E-state index in [-0.39, 0.29) is 30.6 Å². The number of hydrogen-bond donors (Lipinski definition) is 2. The number of benzene rings is 2. The fourth-order valence-electron chi connectivity index (χ4n) is 3.66. The number of halogens is 3. The van der Waals surface area contributed by atoms with Crippen molar-refractivity contribution in [3.8, 4) is 0 Å². The van der Waals surface area contributed by atoms with Crippen LogP contribution in [-0.2, 0) is 4.79 Å². The molecule has 0 radical (unpaired) electrons. The molecule has 0 spiro atoms. The normalized spacial score (nSPS) is 18.3. The lowest BCUT2D eigenvalue weighted by Crippen LogP contribution is -2.53. The maximum absolute atomic E-state index is 13.3. The molecule has 2 atom stereocenters. The molecule has 9 heteroatoms. The second-order valence-electron chi connectivity index (χ2n) is 7.40. The smallest absolute Gasteiger partial charge is 0.319 e. The minimum atomic E-state index is -0.500. The predicted octanol–water partition coefficient (Wildman–Crippen LogP) is 5.24. The summed E-state index contributed by atoms with van der Waals surface area (Å²) in [5.41, 5.74) is 1.84. The van der Waals surface area contributed by atoms with Gasteiger partial charge in [0, 0.05) is 53.2 Å². The Morgan fingerprint density at radius 2 is 1.69 bits per heavy atom. The van der Waals surface area contributed by atoms with Gasteiger partial charge in [0.05, 0.1) is 5.02 Å². The summed E-state index contributed by atoms with van der Waals surface area (Å²) in [6, 6.07) is 15.0. The maximum atomic E-state index is 13.3. The fraction of sp³-hybridized carbons (Fsp3) is 0.174. The third-order valence-electron chi connectivity index (χ3n) is 5.25. The molecule has 6 nitrogen and oxygen atoms in total. The average molecular weight is 473 g/mol. The van der Waals surface area contributed by atoms with E-state index in [4.69, 9.17) is 23.2 Å². The van der Waals surface area contributed by atoms with Crippen LogP contribution in [0.2, 0.25) is 10.0 Å². The topological polar surface area (TPSA) is 74.3 Å². The third kappa shape index (κ3) is 5.18. The number of carbonyl (C=O) groups is 2. The van der Waals surface area contributed by atoms with Crippen molar-refractivity contribution < 1.29 is 14.0 Å². The molecule has 32 heavy (non-hydrogen) atoms. The molecule has 0 saturated carbocycles. The molecule has 2 heterocycles. The van der Waals surface area contributed by atoms with Crippen molar-refractivity contribution in [1.29, 1.82) is 0 Å². The van der Waals surface area contributed by atoms with E-state index in [2.05, 4.69) is 15.6 Å². The monoisotopic (exact) mass is 472 g/mol. The molecule has 1 fully saturated rings. The minimum absolute atomic E-state index is 0.0559. The van der Waals surface area contributed by atoms with Gasteiger partial charge in [0.1, 0.15) is 5.82 Å². The van der Waals surface area contributed by atoms with Crippen molar-refractivity contribution in [3.05, 3.63) is 88.4 Å². The summed E-state index contributed by atoms with van der Waals surface area (Å²) in [7, 11) is 0. The highest BCUT2D eigenvalue weighted by molar-refractivity contribution is 6.30. The summed E-state index contributed by atoms with van der Waals surface area (Å²) in [5, 5.41) is 6.68. The number of rotatable bonds is 4. The Balaban J connectivity index is 1.56. The van der Waals surface area contributed by atoms with E-state index in [1.54, 1.807) is 53.4 Å². The number of nitrogens with one attached hydrogen (secondary N) is 2. The lowest BCUT2D eigenvalue weighted by Gasteiger charge is -2.38. The van der Waals surface area contributed by atoms with Gasteiger partial charge in [0.25, 0.3) is 0 Å². The van der Waals surface area contributed by atoms with Crippen LogP contribution in [0.1, 0.15) is 18.0 Å². The molecule has 1 aliphatic heterocycles. The molecule has 1 aliphatic rings. The van der Waals surface area contributed by atoms with E-state index < -0.39 is 12.1 Å². The largest absolute Gasteiger partial charge is 0.334 e. The van der Waals surface area contributed by atoms with Crippen molar-refractivity contribution in [1.82, 2.24) is 10.3 Å². The Bertz CT molecular complexity index is 1110. The summed E-state index contributed by atoms with van der Waals surface area (Å²) in [4.78, 5) is 31.5. The van der Waals surface area contributed by atoms with Crippen LogP contribution in [0.4, 0.5) is 20.6 Å². The maximum Gasteiger partial charge on any atom is 0.319 e. The molecule has 0 bridgehead atoms. The molecule has 0 aliphatic carbocycles. The summed E-state index contributed by atoms with van der Waals surface area (Å²) in [5.74, 6) is -0.864. The number of aromatic nitrogens is 1. The molecule has 2 aromatic carbocycles. The number of anilines is 2. The number of hydrogen-bond acceptors (Lipinski definition) is 3. The highest BCUT2D eigenvalue weighted by Crippen LogP contribution is 2.31. The molecular weight excluding hydrogens is 454 g/mol. The van der Waals surface area contributed by atoms with Gasteiger partial charge < -0.3 is 15.5 Å². The zero-order chi connectivity index (χ0) is 22.7. The van der Waals surface area contributed by atoms with Gasteiger partial charge in [0.2, 0.25) is 5.91 Å². The van der Waals surface area contributed by atoms with E-state index in [9.17, 15) is 14.0 Å². The van der Waals surface area contributed by atoms with Gasteiger partial charge in [0.15, 0.2) is 0 Å². The summed E-state index contributed by atoms with van der Waals surface area (Å²) < 4.78 is 13.3. The summed E-state index contributed by atoms with van der Waals surface area (Å²) in [6.07, 6.45) is 1.58. The van der Waals surface area contributed by atoms with E-state index in [1.165, 1.54) is 18.3 Å². The second-order valence-corrected chi connectivity index (χ2v) is 8.28. The van der Waals surface area contributed by atoms with E-state index >= 15 is 0 Å². The van der Waals surface area contributed by atoms with Gasteiger partial charge >= 0.3 is 6.03 Å². The Kier molecular flexibility index (Phi) is 6.58. The van der Waals surface area contributed by atoms with Crippen LogP contribution in [0, 0.1) is 5.82 Å². The van der Waals surface area contributed by atoms with Gasteiger partial charge in [-0.2, -0.15) is 0 Å². The van der Waals surface area contributed by atoms with Crippen molar-refractivity contribution in [2.75, 3.05) is 16.8 Å². The number of amides is 3. The highest BCUT2D eigenvalue weighted by atomic mass is 35.5. The number of carbonyl (C=O) groups excluding carboxylic acids is 2. The lowest BCUT2D eigenvalue weighted by atomic mass is 9.88. The van der Waals surface area contributed by atoms with Crippen LogP contribution in [0.3, 0.4) is 0 Å². The van der Waals surface area contributed by atoms with Crippen molar-refractivity contribution in [2.24, 2.45) is 0 Å². The standard InChI is InChI=1S/C23H19Cl2FN4O2/c24-14-1-6-17(7-2-14)28-23(32)29-21-11-22(31)30(18-8-4-16(26)5-9-18)13-19(21)20-10-3-15(25)12-27-20/h1-10,12,19,21H,11,13H2,(H2,28,29,32)/t19-,21-/m1/s1. The Morgan fingerprint density at radius 1 is 1.00 bits per heavy atom. The van der Waals surface area contributed by atoms with E-state index in [0.717, 1.165) is 0 Å². The molecular formula is C23H19Cl2FN4O2. The zero-order valence-corrected chi connectivity index (χ0v) is 18.3. The Labute approximate surface area is 194 Å². The van der Waals surface area contributed by atoms with Gasteiger partial charge in [-0.3, -0.25) is 9.78 Å². The van der Waals surface area contributed by atoms with Gasteiger partial charge in [-0.25, -0.2) is 9.18 Å². The predicted molar refractivity (Wildman–Crippen MR) is 123 cm³/mol.